The predicted molar refractivity (Wildman–Crippen MR) is 73.9 cm³/mol. The van der Waals surface area contributed by atoms with Crippen molar-refractivity contribution in [1.29, 1.82) is 0 Å². The van der Waals surface area contributed by atoms with Crippen LogP contribution in [0, 0.1) is 5.92 Å². The van der Waals surface area contributed by atoms with Crippen LogP contribution in [0.5, 0.6) is 0 Å². The summed E-state index contributed by atoms with van der Waals surface area (Å²) in [6, 6.07) is 0. The highest BCUT2D eigenvalue weighted by Crippen LogP contribution is 2.18. The number of alkyl halides is 1. The number of rotatable bonds is 5. The quantitative estimate of drug-likeness (QED) is 0.846. The van der Waals surface area contributed by atoms with Gasteiger partial charge in [-0.2, -0.15) is 5.10 Å². The number of nitrogens with zero attached hydrogens (tertiary/aromatic N) is 4. The molecule has 0 saturated heterocycles. The summed E-state index contributed by atoms with van der Waals surface area (Å²) in [5.74, 6) is 1.39. The van der Waals surface area contributed by atoms with Crippen molar-refractivity contribution in [2.75, 3.05) is 11.9 Å². The van der Waals surface area contributed by atoms with Crippen molar-refractivity contribution in [3.63, 3.8) is 0 Å². The smallest absolute Gasteiger partial charge is 0.163 e. The standard InChI is InChI=1S/C12H18ClN5/c1-8(2)4-9(13)5-14-11-10-6-17-18(3)12(10)16-7-15-11/h6-9H,4-5H2,1-3H3,(H,14,15,16). The van der Waals surface area contributed by atoms with Crippen molar-refractivity contribution >= 4 is 28.5 Å². The topological polar surface area (TPSA) is 55.6 Å². The van der Waals surface area contributed by atoms with Gasteiger partial charge >= 0.3 is 0 Å². The zero-order valence-corrected chi connectivity index (χ0v) is 11.6. The van der Waals surface area contributed by atoms with Gasteiger partial charge in [0.2, 0.25) is 0 Å². The lowest BCUT2D eigenvalue weighted by atomic mass is 10.1. The average Bonchev–Trinajstić information content (AvgIpc) is 2.68. The molecule has 1 unspecified atom stereocenters. The van der Waals surface area contributed by atoms with Crippen molar-refractivity contribution < 1.29 is 0 Å². The second-order valence-corrected chi connectivity index (χ2v) is 5.45. The molecule has 2 heterocycles. The van der Waals surface area contributed by atoms with Crippen LogP contribution < -0.4 is 5.32 Å². The maximum atomic E-state index is 6.26. The van der Waals surface area contributed by atoms with E-state index < -0.39 is 0 Å². The Morgan fingerprint density at radius 3 is 2.89 bits per heavy atom. The summed E-state index contributed by atoms with van der Waals surface area (Å²) in [6.45, 7) is 5.03. The molecule has 18 heavy (non-hydrogen) atoms. The fourth-order valence-electron chi connectivity index (χ4n) is 1.91. The highest BCUT2D eigenvalue weighted by molar-refractivity contribution is 6.20. The summed E-state index contributed by atoms with van der Waals surface area (Å²) >= 11 is 6.26. The molecule has 0 saturated carbocycles. The number of halogens is 1. The van der Waals surface area contributed by atoms with Gasteiger partial charge in [-0.25, -0.2) is 9.97 Å². The van der Waals surface area contributed by atoms with E-state index >= 15 is 0 Å². The molecule has 0 amide bonds. The van der Waals surface area contributed by atoms with Gasteiger partial charge in [0.15, 0.2) is 5.65 Å². The van der Waals surface area contributed by atoms with Crippen LogP contribution >= 0.6 is 11.6 Å². The van der Waals surface area contributed by atoms with Gasteiger partial charge in [0.1, 0.15) is 12.1 Å². The normalized spacial score (nSPS) is 13.2. The van der Waals surface area contributed by atoms with E-state index in [1.54, 1.807) is 10.9 Å². The number of hydrogen-bond acceptors (Lipinski definition) is 4. The Morgan fingerprint density at radius 2 is 2.17 bits per heavy atom. The van der Waals surface area contributed by atoms with Crippen LogP contribution in [0.3, 0.4) is 0 Å². The highest BCUT2D eigenvalue weighted by atomic mass is 35.5. The molecule has 2 rings (SSSR count). The van der Waals surface area contributed by atoms with E-state index in [-0.39, 0.29) is 5.38 Å². The number of aromatic nitrogens is 4. The van der Waals surface area contributed by atoms with Gasteiger partial charge in [-0.3, -0.25) is 4.68 Å². The van der Waals surface area contributed by atoms with Gasteiger partial charge in [0.05, 0.1) is 17.0 Å². The molecule has 6 heteroatoms. The molecule has 0 aromatic carbocycles. The third-order valence-electron chi connectivity index (χ3n) is 2.75. The number of aryl methyl sites for hydroxylation is 1. The lowest BCUT2D eigenvalue weighted by Gasteiger charge is -2.13. The monoisotopic (exact) mass is 267 g/mol. The molecule has 98 valence electrons. The first-order valence-electron chi connectivity index (χ1n) is 6.08. The summed E-state index contributed by atoms with van der Waals surface area (Å²) in [7, 11) is 1.86. The molecule has 0 radical (unpaired) electrons. The van der Waals surface area contributed by atoms with Gasteiger partial charge in [-0.1, -0.05) is 13.8 Å². The van der Waals surface area contributed by atoms with E-state index in [1.807, 2.05) is 7.05 Å². The number of nitrogens with one attached hydrogen (secondary N) is 1. The lowest BCUT2D eigenvalue weighted by Crippen LogP contribution is -2.17. The van der Waals surface area contributed by atoms with E-state index in [4.69, 9.17) is 11.6 Å². The van der Waals surface area contributed by atoms with E-state index in [0.29, 0.717) is 12.5 Å². The first-order chi connectivity index (χ1) is 8.58. The number of anilines is 1. The first kappa shape index (κ1) is 13.1. The fraction of sp³-hybridized carbons (Fsp3) is 0.583. The van der Waals surface area contributed by atoms with Crippen LogP contribution in [0.25, 0.3) is 11.0 Å². The van der Waals surface area contributed by atoms with E-state index in [1.165, 1.54) is 6.33 Å². The van der Waals surface area contributed by atoms with Crippen molar-refractivity contribution in [3.05, 3.63) is 12.5 Å². The molecular formula is C12H18ClN5. The predicted octanol–water partition coefficient (Wildman–Crippen LogP) is 2.43. The molecule has 1 atom stereocenters. The summed E-state index contributed by atoms with van der Waals surface area (Å²) in [4.78, 5) is 8.43. The minimum Gasteiger partial charge on any atom is -0.368 e. The summed E-state index contributed by atoms with van der Waals surface area (Å²) < 4.78 is 1.73. The van der Waals surface area contributed by atoms with Gasteiger partial charge in [0, 0.05) is 13.6 Å². The molecule has 0 aliphatic rings. The Hall–Kier alpha value is -1.36. The molecule has 2 aromatic rings. The summed E-state index contributed by atoms with van der Waals surface area (Å²) in [5, 5.41) is 8.47. The van der Waals surface area contributed by atoms with Gasteiger partial charge < -0.3 is 5.32 Å². The van der Waals surface area contributed by atoms with Crippen LogP contribution in [0.1, 0.15) is 20.3 Å². The number of fused-ring (bicyclic) bond motifs is 1. The molecule has 5 nitrogen and oxygen atoms in total. The molecule has 0 fully saturated rings. The Kier molecular flexibility index (Phi) is 4.01. The molecule has 1 N–H and O–H groups in total. The molecule has 2 aromatic heterocycles. The van der Waals surface area contributed by atoms with Crippen LogP contribution in [0.2, 0.25) is 0 Å². The van der Waals surface area contributed by atoms with E-state index in [2.05, 4.69) is 34.2 Å². The molecule has 0 bridgehead atoms. The zero-order chi connectivity index (χ0) is 13.1. The van der Waals surface area contributed by atoms with Gasteiger partial charge in [-0.05, 0) is 12.3 Å². The fourth-order valence-corrected chi connectivity index (χ4v) is 2.34. The Bertz CT molecular complexity index is 522. The second-order valence-electron chi connectivity index (χ2n) is 4.84. The van der Waals surface area contributed by atoms with Crippen molar-refractivity contribution in [3.8, 4) is 0 Å². The summed E-state index contributed by atoms with van der Waals surface area (Å²) in [5.41, 5.74) is 0.822. The lowest BCUT2D eigenvalue weighted by molar-refractivity contribution is 0.572. The van der Waals surface area contributed by atoms with E-state index in [9.17, 15) is 0 Å². The van der Waals surface area contributed by atoms with Gasteiger partial charge in [0.25, 0.3) is 0 Å². The van der Waals surface area contributed by atoms with Crippen molar-refractivity contribution in [2.24, 2.45) is 13.0 Å². The Morgan fingerprint density at radius 1 is 1.39 bits per heavy atom. The van der Waals surface area contributed by atoms with Crippen molar-refractivity contribution in [2.45, 2.75) is 25.6 Å². The SMILES string of the molecule is CC(C)CC(Cl)CNc1ncnc2c1cnn2C. The Balaban J connectivity index is 2.08. The Labute approximate surface area is 112 Å². The third kappa shape index (κ3) is 2.90. The maximum Gasteiger partial charge on any atom is 0.163 e. The van der Waals surface area contributed by atoms with Crippen LogP contribution in [-0.2, 0) is 7.05 Å². The zero-order valence-electron chi connectivity index (χ0n) is 10.9. The maximum absolute atomic E-state index is 6.26. The van der Waals surface area contributed by atoms with Crippen LogP contribution in [-0.4, -0.2) is 31.7 Å². The first-order valence-corrected chi connectivity index (χ1v) is 6.52. The van der Waals surface area contributed by atoms with E-state index in [0.717, 1.165) is 23.3 Å². The van der Waals surface area contributed by atoms with Gasteiger partial charge in [-0.15, -0.1) is 11.6 Å². The molecular weight excluding hydrogens is 250 g/mol. The molecule has 0 spiro atoms. The minimum absolute atomic E-state index is 0.103. The van der Waals surface area contributed by atoms with Crippen molar-refractivity contribution in [1.82, 2.24) is 19.7 Å². The average molecular weight is 268 g/mol. The van der Waals surface area contributed by atoms with Crippen LogP contribution in [0.15, 0.2) is 12.5 Å². The largest absolute Gasteiger partial charge is 0.368 e. The molecule has 0 aliphatic heterocycles. The van der Waals surface area contributed by atoms with Crippen LogP contribution in [0.4, 0.5) is 5.82 Å². The summed E-state index contributed by atoms with van der Waals surface area (Å²) in [6.07, 6.45) is 4.29. The minimum atomic E-state index is 0.103. The molecule has 0 aliphatic carbocycles. The third-order valence-corrected chi connectivity index (χ3v) is 3.08. The second kappa shape index (κ2) is 5.52. The number of hydrogen-bond donors (Lipinski definition) is 1. The highest BCUT2D eigenvalue weighted by Gasteiger charge is 2.10.